The number of nitrogens with one attached hydrogen (secondary N) is 1. The summed E-state index contributed by atoms with van der Waals surface area (Å²) < 4.78 is 11.6. The van der Waals surface area contributed by atoms with E-state index in [4.69, 9.17) is 8.83 Å². The molecule has 0 aliphatic heterocycles. The molecule has 1 atom stereocenters. The fourth-order valence-electron chi connectivity index (χ4n) is 2.45. The Morgan fingerprint density at radius 3 is 2.58 bits per heavy atom. The van der Waals surface area contributed by atoms with Gasteiger partial charge in [-0.05, 0) is 44.2 Å². The van der Waals surface area contributed by atoms with Gasteiger partial charge in [0.25, 0.3) is 0 Å². The third kappa shape index (κ3) is 1.96. The predicted octanol–water partition coefficient (Wildman–Crippen LogP) is 3.95. The molecule has 3 heteroatoms. The van der Waals surface area contributed by atoms with Gasteiger partial charge in [0.15, 0.2) is 0 Å². The lowest BCUT2D eigenvalue weighted by atomic mass is 10.1. The third-order valence-corrected chi connectivity index (χ3v) is 3.50. The van der Waals surface area contributed by atoms with Crippen LogP contribution in [0.25, 0.3) is 11.0 Å². The van der Waals surface area contributed by atoms with E-state index in [0.29, 0.717) is 0 Å². The molecule has 0 saturated carbocycles. The smallest absolute Gasteiger partial charge is 0.137 e. The normalized spacial score (nSPS) is 13.0. The van der Waals surface area contributed by atoms with Gasteiger partial charge in [0, 0.05) is 5.39 Å². The van der Waals surface area contributed by atoms with Crippen LogP contribution >= 0.6 is 0 Å². The molecule has 0 fully saturated rings. The van der Waals surface area contributed by atoms with Crippen LogP contribution in [-0.4, -0.2) is 7.05 Å². The molecule has 1 aromatic carbocycles. The highest BCUT2D eigenvalue weighted by atomic mass is 16.4. The SMILES string of the molecule is CNC(c1cc2cccc(C)c2o1)c1occc1C. The summed E-state index contributed by atoms with van der Waals surface area (Å²) in [5.74, 6) is 1.78. The molecule has 1 unspecified atom stereocenters. The van der Waals surface area contributed by atoms with Crippen LogP contribution < -0.4 is 5.32 Å². The molecule has 0 saturated heterocycles. The first-order valence-corrected chi connectivity index (χ1v) is 6.41. The van der Waals surface area contributed by atoms with E-state index in [1.807, 2.05) is 26.1 Å². The standard InChI is InChI=1S/C16H17NO2/c1-10-5-4-6-12-9-13(19-15(10)12)14(17-3)16-11(2)7-8-18-16/h4-9,14,17H,1-3H3. The van der Waals surface area contributed by atoms with E-state index in [2.05, 4.69) is 30.4 Å². The monoisotopic (exact) mass is 255 g/mol. The molecular formula is C16H17NO2. The molecule has 19 heavy (non-hydrogen) atoms. The van der Waals surface area contributed by atoms with Crippen molar-refractivity contribution < 1.29 is 8.83 Å². The van der Waals surface area contributed by atoms with Crippen LogP contribution in [0.15, 0.2) is 45.4 Å². The van der Waals surface area contributed by atoms with Gasteiger partial charge < -0.3 is 14.2 Å². The molecule has 2 heterocycles. The highest BCUT2D eigenvalue weighted by Gasteiger charge is 2.21. The Labute approximate surface area is 112 Å². The quantitative estimate of drug-likeness (QED) is 0.770. The van der Waals surface area contributed by atoms with Gasteiger partial charge in [-0.3, -0.25) is 0 Å². The van der Waals surface area contributed by atoms with Gasteiger partial charge in [-0.2, -0.15) is 0 Å². The maximum absolute atomic E-state index is 6.01. The minimum atomic E-state index is -0.0539. The molecule has 0 aliphatic carbocycles. The molecule has 3 rings (SSSR count). The first kappa shape index (κ1) is 12.1. The summed E-state index contributed by atoms with van der Waals surface area (Å²) in [6.07, 6.45) is 1.71. The van der Waals surface area contributed by atoms with Crippen molar-refractivity contribution in [2.45, 2.75) is 19.9 Å². The van der Waals surface area contributed by atoms with Crippen molar-refractivity contribution in [3.8, 4) is 0 Å². The van der Waals surface area contributed by atoms with Gasteiger partial charge in [0.1, 0.15) is 23.1 Å². The predicted molar refractivity (Wildman–Crippen MR) is 75.3 cm³/mol. The van der Waals surface area contributed by atoms with E-state index >= 15 is 0 Å². The number of hydrogen-bond donors (Lipinski definition) is 1. The molecule has 3 aromatic rings. The maximum Gasteiger partial charge on any atom is 0.137 e. The van der Waals surface area contributed by atoms with Crippen LogP contribution in [0.5, 0.6) is 0 Å². The van der Waals surface area contributed by atoms with Crippen LogP contribution in [0.2, 0.25) is 0 Å². The Morgan fingerprint density at radius 2 is 1.95 bits per heavy atom. The molecule has 0 bridgehead atoms. The van der Waals surface area contributed by atoms with Crippen molar-refractivity contribution in [1.82, 2.24) is 5.32 Å². The summed E-state index contributed by atoms with van der Waals surface area (Å²) in [5.41, 5.74) is 3.22. The van der Waals surface area contributed by atoms with Crippen LogP contribution in [0.1, 0.15) is 28.7 Å². The van der Waals surface area contributed by atoms with Crippen LogP contribution in [0, 0.1) is 13.8 Å². The van der Waals surface area contributed by atoms with Gasteiger partial charge in [-0.25, -0.2) is 0 Å². The van der Waals surface area contributed by atoms with E-state index in [1.54, 1.807) is 6.26 Å². The molecule has 1 N–H and O–H groups in total. The van der Waals surface area contributed by atoms with Crippen molar-refractivity contribution in [3.63, 3.8) is 0 Å². The minimum absolute atomic E-state index is 0.0539. The van der Waals surface area contributed by atoms with Crippen molar-refractivity contribution in [2.75, 3.05) is 7.05 Å². The summed E-state index contributed by atoms with van der Waals surface area (Å²) in [6.45, 7) is 4.10. The van der Waals surface area contributed by atoms with Crippen LogP contribution in [0.4, 0.5) is 0 Å². The second-order valence-electron chi connectivity index (χ2n) is 4.83. The number of aryl methyl sites for hydroxylation is 2. The van der Waals surface area contributed by atoms with Crippen molar-refractivity contribution >= 4 is 11.0 Å². The molecular weight excluding hydrogens is 238 g/mol. The first-order chi connectivity index (χ1) is 9.20. The van der Waals surface area contributed by atoms with Crippen molar-refractivity contribution in [2.24, 2.45) is 0 Å². The average Bonchev–Trinajstić information content (AvgIpc) is 2.99. The summed E-state index contributed by atoms with van der Waals surface area (Å²) in [7, 11) is 1.91. The van der Waals surface area contributed by atoms with Crippen molar-refractivity contribution in [1.29, 1.82) is 0 Å². The Hall–Kier alpha value is -2.00. The Morgan fingerprint density at radius 1 is 1.11 bits per heavy atom. The highest BCUT2D eigenvalue weighted by molar-refractivity contribution is 5.81. The van der Waals surface area contributed by atoms with Gasteiger partial charge in [-0.15, -0.1) is 0 Å². The van der Waals surface area contributed by atoms with Gasteiger partial charge in [0.05, 0.1) is 6.26 Å². The molecule has 0 amide bonds. The van der Waals surface area contributed by atoms with Crippen molar-refractivity contribution in [3.05, 3.63) is 59.2 Å². The highest BCUT2D eigenvalue weighted by Crippen LogP contribution is 2.31. The lowest BCUT2D eigenvalue weighted by Gasteiger charge is -2.11. The fourth-order valence-corrected chi connectivity index (χ4v) is 2.45. The van der Waals surface area contributed by atoms with Crippen LogP contribution in [0.3, 0.4) is 0 Å². The summed E-state index contributed by atoms with van der Waals surface area (Å²) >= 11 is 0. The van der Waals surface area contributed by atoms with Gasteiger partial charge in [0.2, 0.25) is 0 Å². The zero-order valence-electron chi connectivity index (χ0n) is 11.4. The van der Waals surface area contributed by atoms with E-state index < -0.39 is 0 Å². The molecule has 0 spiro atoms. The number of hydrogen-bond acceptors (Lipinski definition) is 3. The van der Waals surface area contributed by atoms with E-state index in [0.717, 1.165) is 33.6 Å². The summed E-state index contributed by atoms with van der Waals surface area (Å²) in [5, 5.41) is 4.38. The fraction of sp³-hybridized carbons (Fsp3) is 0.250. The van der Waals surface area contributed by atoms with Crippen LogP contribution in [-0.2, 0) is 0 Å². The largest absolute Gasteiger partial charge is 0.467 e. The number of para-hydroxylation sites is 1. The summed E-state index contributed by atoms with van der Waals surface area (Å²) in [6, 6.07) is 10.2. The molecule has 3 nitrogen and oxygen atoms in total. The minimum Gasteiger partial charge on any atom is -0.467 e. The van der Waals surface area contributed by atoms with E-state index in [9.17, 15) is 0 Å². The molecule has 2 aromatic heterocycles. The zero-order chi connectivity index (χ0) is 13.4. The Bertz CT molecular complexity index is 708. The second kappa shape index (κ2) is 4.59. The Kier molecular flexibility index (Phi) is 2.91. The summed E-state index contributed by atoms with van der Waals surface area (Å²) in [4.78, 5) is 0. The van der Waals surface area contributed by atoms with Gasteiger partial charge in [-0.1, -0.05) is 18.2 Å². The number of fused-ring (bicyclic) bond motifs is 1. The first-order valence-electron chi connectivity index (χ1n) is 6.41. The lowest BCUT2D eigenvalue weighted by molar-refractivity contribution is 0.412. The van der Waals surface area contributed by atoms with Gasteiger partial charge >= 0.3 is 0 Å². The topological polar surface area (TPSA) is 38.3 Å². The number of benzene rings is 1. The van der Waals surface area contributed by atoms with E-state index in [1.165, 1.54) is 0 Å². The zero-order valence-corrected chi connectivity index (χ0v) is 11.4. The molecule has 0 radical (unpaired) electrons. The lowest BCUT2D eigenvalue weighted by Crippen LogP contribution is -2.17. The number of furan rings is 2. The third-order valence-electron chi connectivity index (χ3n) is 3.50. The second-order valence-corrected chi connectivity index (χ2v) is 4.83. The maximum atomic E-state index is 6.01. The average molecular weight is 255 g/mol. The molecule has 98 valence electrons. The number of rotatable bonds is 3. The van der Waals surface area contributed by atoms with E-state index in [-0.39, 0.29) is 6.04 Å². The Balaban J connectivity index is 2.12. The molecule has 0 aliphatic rings.